The largest absolute Gasteiger partial charge is 0.496 e. The summed E-state index contributed by atoms with van der Waals surface area (Å²) in [6.07, 6.45) is 12.0. The number of nitrogens with zero attached hydrogens (tertiary/aromatic N) is 2. The Morgan fingerprint density at radius 1 is 0.707 bits per heavy atom. The molecule has 4 bridgehead atoms. The van der Waals surface area contributed by atoms with E-state index in [-0.39, 0.29) is 43.9 Å². The molecule has 4 rings (SSSR count). The van der Waals surface area contributed by atoms with Crippen LogP contribution >= 0.6 is 0 Å². The number of amides is 6. The highest BCUT2D eigenvalue weighted by Crippen LogP contribution is 2.40. The number of nitrogens with one attached hydrogen (secondary N) is 4. The number of nitrogens with two attached hydrogens (primary N) is 2. The van der Waals surface area contributed by atoms with Gasteiger partial charge in [-0.15, -0.1) is 0 Å². The maximum atomic E-state index is 14.3. The van der Waals surface area contributed by atoms with E-state index < -0.39 is 72.0 Å². The molecule has 19 nitrogen and oxygen atoms in total. The minimum Gasteiger partial charge on any atom is -0.496 e. The number of benzene rings is 3. The predicted octanol–water partition coefficient (Wildman–Crippen LogP) is 5.31. The van der Waals surface area contributed by atoms with Crippen molar-refractivity contribution in [1.29, 1.82) is 0 Å². The van der Waals surface area contributed by atoms with E-state index in [4.69, 9.17) is 30.4 Å². The van der Waals surface area contributed by atoms with Crippen LogP contribution in [0.15, 0.2) is 66.7 Å². The minimum atomic E-state index is -1.80. The molecule has 19 heteroatoms. The first-order chi connectivity index (χ1) is 36.0. The van der Waals surface area contributed by atoms with Crippen LogP contribution in [0.5, 0.6) is 11.5 Å². The SMILES string of the molecule is CCCCCCCCCCCCCCCC(=O)N(C)[C@H](CCOCc1ccccc1)C(=O)N[C@H](N)C(=O)N[C@@H](N)C(=O)N(C)[C@@H]1C(=O)N[C@@H](C)C(=O)N[C@H](C(=O)OC)Cc2ccc(OC)c(c2)-c2cc1ccc2OC. The Labute approximate surface area is 442 Å². The molecular formula is C56H82N8O11. The second-order valence-electron chi connectivity index (χ2n) is 19.2. The van der Waals surface area contributed by atoms with Crippen molar-refractivity contribution in [2.24, 2.45) is 11.5 Å². The number of carbonyl (C=O) groups excluding carboxylic acids is 7. The molecule has 0 unspecified atom stereocenters. The van der Waals surface area contributed by atoms with E-state index in [2.05, 4.69) is 28.2 Å². The summed E-state index contributed by atoms with van der Waals surface area (Å²) in [5, 5.41) is 10.1. The number of unbranched alkanes of at least 4 members (excludes halogenated alkanes) is 12. The van der Waals surface area contributed by atoms with Crippen LogP contribution in [0.25, 0.3) is 11.1 Å². The maximum absolute atomic E-state index is 14.3. The van der Waals surface area contributed by atoms with Gasteiger partial charge in [0.25, 0.3) is 11.8 Å². The highest BCUT2D eigenvalue weighted by Gasteiger charge is 2.36. The lowest BCUT2D eigenvalue weighted by Crippen LogP contribution is -2.62. The molecule has 0 saturated carbocycles. The first-order valence-corrected chi connectivity index (χ1v) is 26.3. The number of carbonyl (C=O) groups is 7. The third kappa shape index (κ3) is 18.9. The molecule has 1 aliphatic rings. The fraction of sp³-hybridized carbons (Fsp3) is 0.554. The number of fused-ring (bicyclic) bond motifs is 5. The minimum absolute atomic E-state index is 0.0376. The maximum Gasteiger partial charge on any atom is 0.328 e. The van der Waals surface area contributed by atoms with E-state index in [9.17, 15) is 33.6 Å². The molecule has 0 aliphatic carbocycles. The zero-order valence-electron chi connectivity index (χ0n) is 45.1. The Hall–Kier alpha value is -6.57. The van der Waals surface area contributed by atoms with Crippen molar-refractivity contribution in [2.75, 3.05) is 42.0 Å². The van der Waals surface area contributed by atoms with Gasteiger partial charge in [-0.05, 0) is 54.3 Å². The van der Waals surface area contributed by atoms with Crippen molar-refractivity contribution < 1.29 is 52.5 Å². The van der Waals surface area contributed by atoms with Gasteiger partial charge in [0.2, 0.25) is 23.6 Å². The molecule has 0 fully saturated rings. The molecule has 75 heavy (non-hydrogen) atoms. The van der Waals surface area contributed by atoms with Crippen LogP contribution in [0.3, 0.4) is 0 Å². The molecule has 1 aliphatic heterocycles. The normalized spacial score (nSPS) is 16.7. The van der Waals surface area contributed by atoms with E-state index in [0.717, 1.165) is 29.7 Å². The van der Waals surface area contributed by atoms with E-state index in [1.165, 1.54) is 105 Å². The van der Waals surface area contributed by atoms with Crippen LogP contribution in [0.4, 0.5) is 0 Å². The number of hydrogen-bond donors (Lipinski definition) is 6. The van der Waals surface area contributed by atoms with Gasteiger partial charge in [0.05, 0.1) is 27.9 Å². The highest BCUT2D eigenvalue weighted by molar-refractivity contribution is 5.97. The van der Waals surface area contributed by atoms with Crippen LogP contribution in [0.1, 0.15) is 133 Å². The number of likely N-dealkylation sites (N-methyl/N-ethyl adjacent to an activating group) is 2. The predicted molar refractivity (Wildman–Crippen MR) is 286 cm³/mol. The lowest BCUT2D eigenvalue weighted by atomic mass is 9.93. The molecule has 3 aromatic carbocycles. The Morgan fingerprint density at radius 3 is 1.88 bits per heavy atom. The lowest BCUT2D eigenvalue weighted by Gasteiger charge is -2.32. The molecular weight excluding hydrogens is 961 g/mol. The summed E-state index contributed by atoms with van der Waals surface area (Å²) in [5.74, 6) is -4.38. The Morgan fingerprint density at radius 2 is 1.28 bits per heavy atom. The van der Waals surface area contributed by atoms with E-state index in [1.54, 1.807) is 36.4 Å². The first kappa shape index (κ1) is 61.0. The average Bonchev–Trinajstić information content (AvgIpc) is 3.40. The summed E-state index contributed by atoms with van der Waals surface area (Å²) in [7, 11) is 6.97. The van der Waals surface area contributed by atoms with Crippen molar-refractivity contribution in [3.05, 3.63) is 83.4 Å². The zero-order chi connectivity index (χ0) is 54.9. The van der Waals surface area contributed by atoms with Crippen molar-refractivity contribution in [3.8, 4) is 22.6 Å². The quantitative estimate of drug-likeness (QED) is 0.0293. The van der Waals surface area contributed by atoms with Crippen molar-refractivity contribution >= 4 is 41.4 Å². The summed E-state index contributed by atoms with van der Waals surface area (Å²) in [5.41, 5.74) is 15.4. The molecule has 6 amide bonds. The third-order valence-electron chi connectivity index (χ3n) is 13.5. The Bertz CT molecular complexity index is 2330. The highest BCUT2D eigenvalue weighted by atomic mass is 16.5. The molecule has 0 saturated heterocycles. The number of hydrogen-bond acceptors (Lipinski definition) is 13. The number of esters is 1. The Balaban J connectivity index is 1.46. The van der Waals surface area contributed by atoms with Crippen molar-refractivity contribution in [1.82, 2.24) is 31.1 Å². The van der Waals surface area contributed by atoms with Crippen LogP contribution in [0, 0.1) is 0 Å². The third-order valence-corrected chi connectivity index (χ3v) is 13.5. The molecule has 6 atom stereocenters. The summed E-state index contributed by atoms with van der Waals surface area (Å²) in [6, 6.07) is 14.6. The van der Waals surface area contributed by atoms with Crippen LogP contribution < -0.4 is 42.2 Å². The molecule has 1 heterocycles. The van der Waals surface area contributed by atoms with E-state index >= 15 is 0 Å². The number of ether oxygens (including phenoxy) is 4. The van der Waals surface area contributed by atoms with Gasteiger partial charge < -0.3 is 61.5 Å². The van der Waals surface area contributed by atoms with Gasteiger partial charge in [-0.2, -0.15) is 0 Å². The summed E-state index contributed by atoms with van der Waals surface area (Å²) in [4.78, 5) is 98.4. The lowest BCUT2D eigenvalue weighted by molar-refractivity contribution is -0.145. The van der Waals surface area contributed by atoms with Crippen molar-refractivity contribution in [3.63, 3.8) is 0 Å². The molecule has 0 radical (unpaired) electrons. The fourth-order valence-corrected chi connectivity index (χ4v) is 9.05. The molecule has 0 aromatic heterocycles. The van der Waals surface area contributed by atoms with Gasteiger partial charge in [0, 0.05) is 51.1 Å². The summed E-state index contributed by atoms with van der Waals surface area (Å²) >= 11 is 0. The first-order valence-electron chi connectivity index (χ1n) is 26.3. The van der Waals surface area contributed by atoms with Crippen molar-refractivity contribution in [2.45, 2.75) is 160 Å². The van der Waals surface area contributed by atoms with Gasteiger partial charge >= 0.3 is 5.97 Å². The number of methoxy groups -OCH3 is 3. The molecule has 412 valence electrons. The van der Waals surface area contributed by atoms with Gasteiger partial charge in [-0.25, -0.2) is 4.79 Å². The fourth-order valence-electron chi connectivity index (χ4n) is 9.05. The monoisotopic (exact) mass is 1040 g/mol. The van der Waals surface area contributed by atoms with Crippen LogP contribution in [-0.4, -0.2) is 124 Å². The standard InChI is InChI=1S/C56H82N8O11/c1-8-9-10-11-12-13-14-15-16-17-18-19-23-26-47(65)63(3)44(31-32-75-36-38-24-21-20-22-25-38)52(67)61-49(57)54(69)62-50(58)55(70)64(4)48-40-28-30-46(73-6)42(35-40)41-33-39(27-29-45(41)72-5)34-43(56(71)74-7)60-51(66)37(2)59-53(48)68/h20-22,24-25,27-30,33,35,37,43-44,48-50H,8-19,23,26,31-32,34,36,57-58H2,1-7H3,(H,59,68)(H,60,66)(H,61,67)(H,62,69)/t37-,43-,44+,48-,49-,50+/m0/s1. The van der Waals surface area contributed by atoms with Gasteiger partial charge in [-0.3, -0.25) is 28.8 Å². The number of rotatable bonds is 29. The average molecular weight is 1040 g/mol. The van der Waals surface area contributed by atoms with E-state index in [0.29, 0.717) is 34.6 Å². The Kier molecular flexibility index (Phi) is 26.0. The van der Waals surface area contributed by atoms with Crippen LogP contribution in [0.2, 0.25) is 0 Å². The smallest absolute Gasteiger partial charge is 0.328 e. The zero-order valence-corrected chi connectivity index (χ0v) is 45.1. The van der Waals surface area contributed by atoms with Gasteiger partial charge in [-0.1, -0.05) is 126 Å². The van der Waals surface area contributed by atoms with E-state index in [1.807, 2.05) is 30.3 Å². The van der Waals surface area contributed by atoms with Crippen LogP contribution in [-0.2, 0) is 56.1 Å². The summed E-state index contributed by atoms with van der Waals surface area (Å²) in [6.45, 7) is 4.03. The second kappa shape index (κ2) is 32.0. The topological polar surface area (TPSA) is 263 Å². The molecule has 8 N–H and O–H groups in total. The molecule has 3 aromatic rings. The van der Waals surface area contributed by atoms with Gasteiger partial charge in [0.15, 0.2) is 12.3 Å². The van der Waals surface area contributed by atoms with Gasteiger partial charge in [0.1, 0.15) is 35.7 Å². The second-order valence-corrected chi connectivity index (χ2v) is 19.2. The molecule has 0 spiro atoms. The summed E-state index contributed by atoms with van der Waals surface area (Å²) < 4.78 is 22.3.